The molecule has 0 fully saturated rings. The Labute approximate surface area is 160 Å². The Bertz CT molecular complexity index is 985. The molecule has 0 radical (unpaired) electrons. The first-order valence-electron chi connectivity index (χ1n) is 8.60. The van der Waals surface area contributed by atoms with Crippen molar-refractivity contribution in [3.8, 4) is 5.69 Å². The maximum Gasteiger partial charge on any atom is 0.273 e. The number of carbonyl (C=O) groups excluding carboxylic acids is 1. The maximum absolute atomic E-state index is 12.3. The Hall–Kier alpha value is -3.59. The van der Waals surface area contributed by atoms with Crippen molar-refractivity contribution in [2.75, 3.05) is 6.54 Å². The van der Waals surface area contributed by atoms with Crippen LogP contribution in [-0.4, -0.2) is 37.5 Å². The number of benzene rings is 2. The van der Waals surface area contributed by atoms with E-state index in [1.54, 1.807) is 13.0 Å². The van der Waals surface area contributed by atoms with E-state index in [0.29, 0.717) is 12.1 Å². The normalized spacial score (nSPS) is 12.9. The molecule has 3 rings (SSSR count). The van der Waals surface area contributed by atoms with Gasteiger partial charge in [-0.25, -0.2) is 4.68 Å². The van der Waals surface area contributed by atoms with Crippen LogP contribution in [0.25, 0.3) is 5.69 Å². The van der Waals surface area contributed by atoms with Crippen molar-refractivity contribution in [1.29, 1.82) is 0 Å². The number of nitrogens with zero attached hydrogens (tertiary/aromatic N) is 4. The lowest BCUT2D eigenvalue weighted by atomic mass is 9.93. The molecule has 1 heterocycles. The molecule has 1 atom stereocenters. The Morgan fingerprint density at radius 3 is 2.71 bits per heavy atom. The van der Waals surface area contributed by atoms with Crippen LogP contribution in [0.1, 0.15) is 29.4 Å². The van der Waals surface area contributed by atoms with Crippen LogP contribution >= 0.6 is 0 Å². The number of aromatic nitrogens is 3. The Balaban J connectivity index is 1.62. The minimum atomic E-state index is -1.07. The van der Waals surface area contributed by atoms with E-state index in [4.69, 9.17) is 0 Å². The minimum absolute atomic E-state index is 0.0749. The first-order chi connectivity index (χ1) is 13.4. The maximum atomic E-state index is 12.3. The predicted octanol–water partition coefficient (Wildman–Crippen LogP) is 2.20. The third-order valence-electron chi connectivity index (χ3n) is 4.32. The summed E-state index contributed by atoms with van der Waals surface area (Å²) in [5, 5.41) is 31.8. The smallest absolute Gasteiger partial charge is 0.273 e. The van der Waals surface area contributed by atoms with Gasteiger partial charge in [-0.2, -0.15) is 0 Å². The highest BCUT2D eigenvalue weighted by molar-refractivity contribution is 5.91. The summed E-state index contributed by atoms with van der Waals surface area (Å²) in [5.74, 6) is -0.444. The molecule has 0 saturated carbocycles. The molecule has 2 N–H and O–H groups in total. The van der Waals surface area contributed by atoms with Gasteiger partial charge >= 0.3 is 0 Å². The molecule has 1 aromatic heterocycles. The van der Waals surface area contributed by atoms with Gasteiger partial charge in [0.2, 0.25) is 0 Å². The van der Waals surface area contributed by atoms with E-state index in [0.717, 1.165) is 5.56 Å². The number of non-ortho nitro benzene ring substituents is 1. The number of aliphatic hydroxyl groups is 1. The number of nitro groups is 1. The molecule has 0 unspecified atom stereocenters. The summed E-state index contributed by atoms with van der Waals surface area (Å²) in [4.78, 5) is 22.6. The molecule has 0 bridgehead atoms. The number of hydrogen-bond donors (Lipinski definition) is 2. The highest BCUT2D eigenvalue weighted by Gasteiger charge is 2.23. The van der Waals surface area contributed by atoms with Gasteiger partial charge in [0.1, 0.15) is 0 Å². The quantitative estimate of drug-likeness (QED) is 0.478. The van der Waals surface area contributed by atoms with Crippen LogP contribution < -0.4 is 5.32 Å². The zero-order chi connectivity index (χ0) is 20.1. The van der Waals surface area contributed by atoms with Crippen LogP contribution in [0.5, 0.6) is 0 Å². The van der Waals surface area contributed by atoms with E-state index in [1.807, 2.05) is 30.3 Å². The topological polar surface area (TPSA) is 123 Å². The first-order valence-corrected chi connectivity index (χ1v) is 8.60. The number of nitro benzene ring substituents is 1. The largest absolute Gasteiger partial charge is 0.385 e. The molecular formula is C19H19N5O4. The van der Waals surface area contributed by atoms with E-state index in [2.05, 4.69) is 15.6 Å². The lowest BCUT2D eigenvalue weighted by Crippen LogP contribution is -2.31. The molecule has 144 valence electrons. The van der Waals surface area contributed by atoms with Gasteiger partial charge in [0.15, 0.2) is 5.69 Å². The van der Waals surface area contributed by atoms with E-state index in [-0.39, 0.29) is 17.9 Å². The number of rotatable bonds is 7. The van der Waals surface area contributed by atoms with E-state index in [1.165, 1.54) is 29.1 Å². The fraction of sp³-hybridized carbons (Fsp3) is 0.211. The standard InChI is InChI=1S/C19H19N5O4/c1-19(26,14-6-3-2-4-7-14)10-11-20-18(25)17-13-23(22-21-17)15-8-5-9-16(12-15)24(27)28/h2-9,12-13,26H,10-11H2,1H3,(H,20,25)/t19-/m1/s1. The van der Waals surface area contributed by atoms with Crippen LogP contribution in [0.15, 0.2) is 60.8 Å². The minimum Gasteiger partial charge on any atom is -0.385 e. The average molecular weight is 381 g/mol. The average Bonchev–Trinajstić information content (AvgIpc) is 3.19. The monoisotopic (exact) mass is 381 g/mol. The summed E-state index contributed by atoms with van der Waals surface area (Å²) in [5.41, 5.74) is 0.108. The Morgan fingerprint density at radius 1 is 1.25 bits per heavy atom. The molecule has 0 saturated heterocycles. The van der Waals surface area contributed by atoms with Gasteiger partial charge in [-0.05, 0) is 25.0 Å². The van der Waals surface area contributed by atoms with Crippen LogP contribution in [0.4, 0.5) is 5.69 Å². The molecule has 0 spiro atoms. The van der Waals surface area contributed by atoms with Crippen molar-refractivity contribution in [2.24, 2.45) is 0 Å². The zero-order valence-corrected chi connectivity index (χ0v) is 15.1. The first kappa shape index (κ1) is 19.2. The lowest BCUT2D eigenvalue weighted by Gasteiger charge is -2.23. The summed E-state index contributed by atoms with van der Waals surface area (Å²) in [6, 6.07) is 15.1. The highest BCUT2D eigenvalue weighted by Crippen LogP contribution is 2.23. The molecule has 28 heavy (non-hydrogen) atoms. The van der Waals surface area contributed by atoms with Gasteiger partial charge in [-0.15, -0.1) is 5.10 Å². The molecule has 3 aromatic rings. The number of amides is 1. The second-order valence-corrected chi connectivity index (χ2v) is 6.47. The van der Waals surface area contributed by atoms with E-state index < -0.39 is 16.4 Å². The van der Waals surface area contributed by atoms with Crippen molar-refractivity contribution in [3.63, 3.8) is 0 Å². The third-order valence-corrected chi connectivity index (χ3v) is 4.32. The Morgan fingerprint density at radius 2 is 2.00 bits per heavy atom. The Kier molecular flexibility index (Phi) is 5.46. The summed E-state index contributed by atoms with van der Waals surface area (Å²) >= 11 is 0. The van der Waals surface area contributed by atoms with E-state index >= 15 is 0 Å². The van der Waals surface area contributed by atoms with Crippen LogP contribution in [0.2, 0.25) is 0 Å². The van der Waals surface area contributed by atoms with Crippen molar-refractivity contribution in [3.05, 3.63) is 82.2 Å². The molecule has 0 aliphatic carbocycles. The van der Waals surface area contributed by atoms with Gasteiger partial charge < -0.3 is 10.4 Å². The second-order valence-electron chi connectivity index (χ2n) is 6.47. The molecule has 2 aromatic carbocycles. The van der Waals surface area contributed by atoms with Gasteiger partial charge in [0, 0.05) is 18.7 Å². The van der Waals surface area contributed by atoms with Gasteiger partial charge in [-0.3, -0.25) is 14.9 Å². The molecule has 0 aliphatic heterocycles. The second kappa shape index (κ2) is 7.97. The number of carbonyl (C=O) groups is 1. The van der Waals surface area contributed by atoms with Gasteiger partial charge in [0.05, 0.1) is 22.4 Å². The number of nitrogens with one attached hydrogen (secondary N) is 1. The fourth-order valence-corrected chi connectivity index (χ4v) is 2.69. The molecule has 9 nitrogen and oxygen atoms in total. The lowest BCUT2D eigenvalue weighted by molar-refractivity contribution is -0.384. The van der Waals surface area contributed by atoms with Crippen molar-refractivity contribution < 1.29 is 14.8 Å². The number of hydrogen-bond acceptors (Lipinski definition) is 6. The van der Waals surface area contributed by atoms with Crippen LogP contribution in [0.3, 0.4) is 0 Å². The van der Waals surface area contributed by atoms with Crippen LogP contribution in [0, 0.1) is 10.1 Å². The molecular weight excluding hydrogens is 362 g/mol. The van der Waals surface area contributed by atoms with Crippen molar-refractivity contribution in [2.45, 2.75) is 18.9 Å². The van der Waals surface area contributed by atoms with Crippen LogP contribution in [-0.2, 0) is 5.60 Å². The summed E-state index contributed by atoms with van der Waals surface area (Å²) in [6.45, 7) is 1.93. The van der Waals surface area contributed by atoms with Crippen molar-refractivity contribution >= 4 is 11.6 Å². The fourth-order valence-electron chi connectivity index (χ4n) is 2.69. The summed E-state index contributed by atoms with van der Waals surface area (Å²) in [7, 11) is 0. The third kappa shape index (κ3) is 4.38. The predicted molar refractivity (Wildman–Crippen MR) is 101 cm³/mol. The highest BCUT2D eigenvalue weighted by atomic mass is 16.6. The zero-order valence-electron chi connectivity index (χ0n) is 15.1. The molecule has 0 aliphatic rings. The van der Waals surface area contributed by atoms with Gasteiger partial charge in [0.25, 0.3) is 11.6 Å². The SMILES string of the molecule is C[C@@](O)(CCNC(=O)c1cn(-c2cccc([N+](=O)[O-])c2)nn1)c1ccccc1. The van der Waals surface area contributed by atoms with Crippen molar-refractivity contribution in [1.82, 2.24) is 20.3 Å². The summed E-state index contributed by atoms with van der Waals surface area (Å²) < 4.78 is 1.29. The molecule has 1 amide bonds. The molecule has 9 heteroatoms. The summed E-state index contributed by atoms with van der Waals surface area (Å²) in [6.07, 6.45) is 1.71. The van der Waals surface area contributed by atoms with Gasteiger partial charge in [-0.1, -0.05) is 41.6 Å². The van der Waals surface area contributed by atoms with E-state index in [9.17, 15) is 20.0 Å².